The van der Waals surface area contributed by atoms with Crippen molar-refractivity contribution in [1.29, 1.82) is 0 Å². The van der Waals surface area contributed by atoms with Gasteiger partial charge in [-0.1, -0.05) is 43.3 Å². The highest BCUT2D eigenvalue weighted by atomic mass is 16.1. The Morgan fingerprint density at radius 1 is 1.00 bits per heavy atom. The van der Waals surface area contributed by atoms with Crippen LogP contribution in [0.5, 0.6) is 0 Å². The van der Waals surface area contributed by atoms with Crippen LogP contribution in [0, 0.1) is 13.8 Å². The average molecular weight is 267 g/mol. The van der Waals surface area contributed by atoms with Crippen molar-refractivity contribution in [2.75, 3.05) is 5.32 Å². The van der Waals surface area contributed by atoms with Crippen LogP contribution in [0.25, 0.3) is 0 Å². The SMILES string of the molecule is CCc1ccc(CC(=O)Nc2cc(C)ccc2C)cc1. The van der Waals surface area contributed by atoms with E-state index in [2.05, 4.69) is 30.4 Å². The molecule has 0 heterocycles. The zero-order valence-electron chi connectivity index (χ0n) is 12.4. The predicted octanol–water partition coefficient (Wildman–Crippen LogP) is 4.05. The number of carbonyl (C=O) groups excluding carboxylic acids is 1. The van der Waals surface area contributed by atoms with Gasteiger partial charge in [-0.15, -0.1) is 0 Å². The fourth-order valence-electron chi connectivity index (χ4n) is 2.14. The van der Waals surface area contributed by atoms with Crippen molar-refractivity contribution in [2.45, 2.75) is 33.6 Å². The van der Waals surface area contributed by atoms with Gasteiger partial charge in [-0.05, 0) is 48.6 Å². The molecule has 2 nitrogen and oxygen atoms in total. The maximum absolute atomic E-state index is 12.1. The molecule has 0 aliphatic rings. The molecule has 2 rings (SSSR count). The number of benzene rings is 2. The largest absolute Gasteiger partial charge is 0.326 e. The number of nitrogens with one attached hydrogen (secondary N) is 1. The first-order valence-electron chi connectivity index (χ1n) is 7.03. The van der Waals surface area contributed by atoms with E-state index in [-0.39, 0.29) is 5.91 Å². The number of aryl methyl sites for hydroxylation is 3. The van der Waals surface area contributed by atoms with E-state index in [1.54, 1.807) is 0 Å². The van der Waals surface area contributed by atoms with Crippen molar-refractivity contribution in [3.8, 4) is 0 Å². The molecular weight excluding hydrogens is 246 g/mol. The first-order chi connectivity index (χ1) is 9.58. The summed E-state index contributed by atoms with van der Waals surface area (Å²) in [5, 5.41) is 2.99. The van der Waals surface area contributed by atoms with Crippen molar-refractivity contribution in [2.24, 2.45) is 0 Å². The van der Waals surface area contributed by atoms with E-state index < -0.39 is 0 Å². The molecule has 0 saturated heterocycles. The van der Waals surface area contributed by atoms with Gasteiger partial charge in [-0.25, -0.2) is 0 Å². The Morgan fingerprint density at radius 2 is 1.65 bits per heavy atom. The zero-order chi connectivity index (χ0) is 14.5. The Kier molecular flexibility index (Phi) is 4.57. The van der Waals surface area contributed by atoms with Crippen molar-refractivity contribution >= 4 is 11.6 Å². The highest BCUT2D eigenvalue weighted by Crippen LogP contribution is 2.16. The Morgan fingerprint density at radius 3 is 2.30 bits per heavy atom. The minimum absolute atomic E-state index is 0.0305. The van der Waals surface area contributed by atoms with Crippen LogP contribution in [0.15, 0.2) is 42.5 Å². The molecule has 0 fully saturated rings. The van der Waals surface area contributed by atoms with Crippen LogP contribution in [0.3, 0.4) is 0 Å². The topological polar surface area (TPSA) is 29.1 Å². The Balaban J connectivity index is 2.03. The van der Waals surface area contributed by atoms with E-state index in [9.17, 15) is 4.79 Å². The second-order valence-corrected chi connectivity index (χ2v) is 5.21. The molecule has 0 aliphatic carbocycles. The van der Waals surface area contributed by atoms with Gasteiger partial charge in [-0.2, -0.15) is 0 Å². The standard InChI is InChI=1S/C18H21NO/c1-4-15-7-9-16(10-8-15)12-18(20)19-17-11-13(2)5-6-14(17)3/h5-11H,4,12H2,1-3H3,(H,19,20). The molecule has 0 atom stereocenters. The van der Waals surface area contributed by atoms with Gasteiger partial charge in [0.25, 0.3) is 0 Å². The van der Waals surface area contributed by atoms with Gasteiger partial charge in [0.1, 0.15) is 0 Å². The summed E-state index contributed by atoms with van der Waals surface area (Å²) in [6.07, 6.45) is 1.44. The van der Waals surface area contributed by atoms with Gasteiger partial charge < -0.3 is 5.32 Å². The van der Waals surface area contributed by atoms with Gasteiger partial charge in [0.05, 0.1) is 6.42 Å². The summed E-state index contributed by atoms with van der Waals surface area (Å²) in [6, 6.07) is 14.3. The lowest BCUT2D eigenvalue weighted by Gasteiger charge is -2.09. The van der Waals surface area contributed by atoms with Crippen LogP contribution in [0.2, 0.25) is 0 Å². The third-order valence-electron chi connectivity index (χ3n) is 3.46. The quantitative estimate of drug-likeness (QED) is 0.889. The van der Waals surface area contributed by atoms with Gasteiger partial charge >= 0.3 is 0 Å². The van der Waals surface area contributed by atoms with Gasteiger partial charge in [0, 0.05) is 5.69 Å². The average Bonchev–Trinajstić information content (AvgIpc) is 2.43. The van der Waals surface area contributed by atoms with Gasteiger partial charge in [-0.3, -0.25) is 4.79 Å². The van der Waals surface area contributed by atoms with Crippen molar-refractivity contribution in [3.63, 3.8) is 0 Å². The molecule has 104 valence electrons. The van der Waals surface area contributed by atoms with Gasteiger partial charge in [0.2, 0.25) is 5.91 Å². The monoisotopic (exact) mass is 267 g/mol. The fraction of sp³-hybridized carbons (Fsp3) is 0.278. The molecule has 1 amide bonds. The normalized spacial score (nSPS) is 10.3. The van der Waals surface area contributed by atoms with Crippen molar-refractivity contribution in [1.82, 2.24) is 0 Å². The van der Waals surface area contributed by atoms with E-state index in [1.165, 1.54) is 5.56 Å². The van der Waals surface area contributed by atoms with E-state index in [1.807, 2.05) is 38.1 Å². The molecule has 0 radical (unpaired) electrons. The summed E-state index contributed by atoms with van der Waals surface area (Å²) >= 11 is 0. The number of rotatable bonds is 4. The van der Waals surface area contributed by atoms with Crippen molar-refractivity contribution in [3.05, 3.63) is 64.7 Å². The molecule has 2 aromatic carbocycles. The predicted molar refractivity (Wildman–Crippen MR) is 84.1 cm³/mol. The fourth-order valence-corrected chi connectivity index (χ4v) is 2.14. The van der Waals surface area contributed by atoms with Crippen molar-refractivity contribution < 1.29 is 4.79 Å². The molecule has 2 aromatic rings. The summed E-state index contributed by atoms with van der Waals surface area (Å²) in [4.78, 5) is 12.1. The maximum atomic E-state index is 12.1. The van der Waals surface area contributed by atoms with E-state index in [4.69, 9.17) is 0 Å². The number of anilines is 1. The molecular formula is C18H21NO. The first kappa shape index (κ1) is 14.3. The summed E-state index contributed by atoms with van der Waals surface area (Å²) in [6.45, 7) is 6.16. The second-order valence-electron chi connectivity index (χ2n) is 5.21. The van der Waals surface area contributed by atoms with Crippen LogP contribution in [-0.4, -0.2) is 5.91 Å². The minimum atomic E-state index is 0.0305. The van der Waals surface area contributed by atoms with Crippen LogP contribution in [0.1, 0.15) is 29.2 Å². The van der Waals surface area contributed by atoms with Gasteiger partial charge in [0.15, 0.2) is 0 Å². The van der Waals surface area contributed by atoms with E-state index in [0.717, 1.165) is 28.8 Å². The number of amides is 1. The van der Waals surface area contributed by atoms with Crippen LogP contribution >= 0.6 is 0 Å². The summed E-state index contributed by atoms with van der Waals surface area (Å²) in [5.74, 6) is 0.0305. The molecule has 0 aromatic heterocycles. The highest BCUT2D eigenvalue weighted by molar-refractivity contribution is 5.93. The molecule has 1 N–H and O–H groups in total. The molecule has 0 saturated carbocycles. The smallest absolute Gasteiger partial charge is 0.228 e. The lowest BCUT2D eigenvalue weighted by atomic mass is 10.1. The summed E-state index contributed by atoms with van der Waals surface area (Å²) < 4.78 is 0. The second kappa shape index (κ2) is 6.38. The Bertz CT molecular complexity index is 599. The number of hydrogen-bond acceptors (Lipinski definition) is 1. The maximum Gasteiger partial charge on any atom is 0.228 e. The van der Waals surface area contributed by atoms with E-state index in [0.29, 0.717) is 6.42 Å². The van der Waals surface area contributed by atoms with Crippen LogP contribution in [0.4, 0.5) is 5.69 Å². The lowest BCUT2D eigenvalue weighted by Crippen LogP contribution is -2.15. The first-order valence-corrected chi connectivity index (χ1v) is 7.03. The molecule has 0 aliphatic heterocycles. The van der Waals surface area contributed by atoms with E-state index >= 15 is 0 Å². The summed E-state index contributed by atoms with van der Waals surface area (Å²) in [5.41, 5.74) is 5.48. The minimum Gasteiger partial charge on any atom is -0.326 e. The molecule has 20 heavy (non-hydrogen) atoms. The third-order valence-corrected chi connectivity index (χ3v) is 3.46. The third kappa shape index (κ3) is 3.70. The summed E-state index contributed by atoms with van der Waals surface area (Å²) in [7, 11) is 0. The van der Waals surface area contributed by atoms with Crippen LogP contribution in [-0.2, 0) is 17.6 Å². The highest BCUT2D eigenvalue weighted by Gasteiger charge is 2.06. The Hall–Kier alpha value is -2.09. The number of carbonyl (C=O) groups is 1. The molecule has 2 heteroatoms. The Labute approximate surface area is 120 Å². The molecule has 0 spiro atoms. The van der Waals surface area contributed by atoms with Crippen LogP contribution < -0.4 is 5.32 Å². The molecule has 0 unspecified atom stereocenters. The molecule has 0 bridgehead atoms. The zero-order valence-corrected chi connectivity index (χ0v) is 12.4. The lowest BCUT2D eigenvalue weighted by molar-refractivity contribution is -0.115. The number of hydrogen-bond donors (Lipinski definition) is 1.